The van der Waals surface area contributed by atoms with E-state index in [9.17, 15) is 0 Å². The second-order valence-corrected chi connectivity index (χ2v) is 3.56. The Morgan fingerprint density at radius 1 is 1.13 bits per heavy atom. The van der Waals surface area contributed by atoms with Crippen molar-refractivity contribution in [2.45, 2.75) is 13.8 Å². The van der Waals surface area contributed by atoms with Crippen LogP contribution in [0, 0.1) is 25.6 Å². The Kier molecular flexibility index (Phi) is 12.1. The standard InChI is InChI=1S/C6H6N.C4H4NS.2V/c1-6-3-2-4-7-5-6;1-4-2-5-3-6-4;;/h2-3,5H,1H3;2H,1H3;;/q2*-1;;. The number of thiazole rings is 1. The van der Waals surface area contributed by atoms with Crippen LogP contribution < -0.4 is 0 Å². The van der Waals surface area contributed by atoms with Gasteiger partial charge in [0.15, 0.2) is 0 Å². The molecule has 78 valence electrons. The van der Waals surface area contributed by atoms with Crippen LogP contribution in [-0.2, 0) is 37.1 Å². The van der Waals surface area contributed by atoms with Crippen molar-refractivity contribution >= 4 is 11.3 Å². The molecule has 2 heterocycles. The van der Waals surface area contributed by atoms with Crippen LogP contribution in [-0.4, -0.2) is 9.97 Å². The molecule has 0 unspecified atom stereocenters. The molecule has 2 aromatic rings. The first-order valence-corrected chi connectivity index (χ1v) is 4.68. The van der Waals surface area contributed by atoms with E-state index in [-0.39, 0.29) is 37.1 Å². The van der Waals surface area contributed by atoms with Gasteiger partial charge in [0.05, 0.1) is 0 Å². The fraction of sp³-hybridized carbons (Fsp3) is 0.200. The third-order valence-electron chi connectivity index (χ3n) is 1.27. The van der Waals surface area contributed by atoms with Crippen molar-refractivity contribution in [3.8, 4) is 0 Å². The minimum absolute atomic E-state index is 0. The van der Waals surface area contributed by atoms with Crippen molar-refractivity contribution in [3.63, 3.8) is 0 Å². The molecule has 0 aliphatic rings. The van der Waals surface area contributed by atoms with Crippen molar-refractivity contribution < 1.29 is 37.1 Å². The van der Waals surface area contributed by atoms with E-state index in [2.05, 4.69) is 21.7 Å². The number of hydrogen-bond donors (Lipinski definition) is 0. The van der Waals surface area contributed by atoms with E-state index in [0.29, 0.717) is 0 Å². The molecule has 15 heavy (non-hydrogen) atoms. The third kappa shape index (κ3) is 8.91. The zero-order valence-electron chi connectivity index (χ0n) is 8.51. The smallest absolute Gasteiger partial charge is 0 e. The Hall–Kier alpha value is -0.0512. The monoisotopic (exact) mass is 292 g/mol. The van der Waals surface area contributed by atoms with E-state index in [1.165, 1.54) is 10.4 Å². The van der Waals surface area contributed by atoms with Crippen molar-refractivity contribution in [3.05, 3.63) is 46.7 Å². The number of pyridine rings is 1. The number of rotatable bonds is 0. The zero-order valence-corrected chi connectivity index (χ0v) is 12.1. The van der Waals surface area contributed by atoms with Crippen LogP contribution in [0.1, 0.15) is 10.4 Å². The summed E-state index contributed by atoms with van der Waals surface area (Å²) in [6.45, 7) is 4.01. The maximum absolute atomic E-state index is 3.76. The SMILES string of the molecule is Cc1cc[c-]nc1.Cc1cn[c-]s1.[V].[V]. The summed E-state index contributed by atoms with van der Waals surface area (Å²) in [7, 11) is 0. The molecule has 5 heteroatoms. The molecular formula is C10H10N2SV2-2. The average molecular weight is 292 g/mol. The molecule has 0 saturated carbocycles. The van der Waals surface area contributed by atoms with Gasteiger partial charge in [0.25, 0.3) is 0 Å². The van der Waals surface area contributed by atoms with E-state index in [4.69, 9.17) is 0 Å². The van der Waals surface area contributed by atoms with Gasteiger partial charge in [-0.05, 0) is 5.51 Å². The summed E-state index contributed by atoms with van der Waals surface area (Å²) in [6.07, 6.45) is 6.26. The quantitative estimate of drug-likeness (QED) is 0.697. The second kappa shape index (κ2) is 10.5. The first-order valence-electron chi connectivity index (χ1n) is 3.86. The summed E-state index contributed by atoms with van der Waals surface area (Å²) in [5, 5.41) is 0. The Balaban J connectivity index is 0. The third-order valence-corrected chi connectivity index (χ3v) is 1.89. The molecule has 0 aromatic carbocycles. The van der Waals surface area contributed by atoms with Crippen LogP contribution in [0.15, 0.2) is 24.5 Å². The predicted molar refractivity (Wildman–Crippen MR) is 53.5 cm³/mol. The van der Waals surface area contributed by atoms with Gasteiger partial charge >= 0.3 is 0 Å². The summed E-state index contributed by atoms with van der Waals surface area (Å²) in [6, 6.07) is 3.77. The minimum Gasteiger partial charge on any atom is -0.394 e. The molecular weight excluding hydrogens is 282 g/mol. The summed E-state index contributed by atoms with van der Waals surface area (Å²) in [5.41, 5.74) is 3.90. The molecule has 2 rings (SSSR count). The van der Waals surface area contributed by atoms with Gasteiger partial charge in [-0.25, -0.2) is 0 Å². The molecule has 0 spiro atoms. The fourth-order valence-corrected chi connectivity index (χ4v) is 0.991. The van der Waals surface area contributed by atoms with E-state index >= 15 is 0 Å². The van der Waals surface area contributed by atoms with Crippen molar-refractivity contribution in [2.24, 2.45) is 0 Å². The molecule has 2 radical (unpaired) electrons. The van der Waals surface area contributed by atoms with Crippen LogP contribution in [0.4, 0.5) is 0 Å². The van der Waals surface area contributed by atoms with Gasteiger partial charge in [0.2, 0.25) is 0 Å². The normalized spacial score (nSPS) is 7.60. The van der Waals surface area contributed by atoms with Gasteiger partial charge in [-0.2, -0.15) is 12.1 Å². The Morgan fingerprint density at radius 3 is 2.07 bits per heavy atom. The molecule has 0 fully saturated rings. The van der Waals surface area contributed by atoms with E-state index in [0.717, 1.165) is 0 Å². The van der Waals surface area contributed by atoms with Crippen molar-refractivity contribution in [1.29, 1.82) is 0 Å². The largest absolute Gasteiger partial charge is 0.394 e. The van der Waals surface area contributed by atoms with E-state index < -0.39 is 0 Å². The predicted octanol–water partition coefficient (Wildman–Crippen LogP) is 2.44. The second-order valence-electron chi connectivity index (χ2n) is 2.53. The maximum Gasteiger partial charge on any atom is 0 e. The van der Waals surface area contributed by atoms with Gasteiger partial charge < -0.3 is 9.97 Å². The fourth-order valence-electron chi connectivity index (χ4n) is 0.636. The number of aromatic nitrogens is 2. The van der Waals surface area contributed by atoms with Crippen LogP contribution in [0.2, 0.25) is 0 Å². The molecule has 0 aliphatic carbocycles. The van der Waals surface area contributed by atoms with Crippen LogP contribution in [0.3, 0.4) is 0 Å². The van der Waals surface area contributed by atoms with Crippen molar-refractivity contribution in [2.75, 3.05) is 0 Å². The Labute approximate surface area is 118 Å². The summed E-state index contributed by atoms with van der Waals surface area (Å²) >= 11 is 1.54. The van der Waals surface area contributed by atoms with E-state index in [1.807, 2.05) is 19.9 Å². The van der Waals surface area contributed by atoms with Gasteiger partial charge in [0, 0.05) is 37.1 Å². The maximum atomic E-state index is 3.76. The minimum atomic E-state index is 0. The van der Waals surface area contributed by atoms with Crippen LogP contribution >= 0.6 is 11.3 Å². The van der Waals surface area contributed by atoms with Gasteiger partial charge in [-0.1, -0.05) is 26.2 Å². The summed E-state index contributed by atoms with van der Waals surface area (Å²) in [4.78, 5) is 8.69. The van der Waals surface area contributed by atoms with E-state index in [1.54, 1.807) is 29.8 Å². The van der Waals surface area contributed by atoms with Gasteiger partial charge in [-0.3, -0.25) is 11.3 Å². The summed E-state index contributed by atoms with van der Waals surface area (Å²) in [5.74, 6) is 0. The first-order chi connectivity index (χ1) is 6.29. The number of hydrogen-bond acceptors (Lipinski definition) is 3. The van der Waals surface area contributed by atoms with Crippen LogP contribution in [0.25, 0.3) is 0 Å². The molecule has 0 atom stereocenters. The molecule has 0 N–H and O–H groups in total. The molecule has 0 saturated heterocycles. The first kappa shape index (κ1) is 17.3. The number of nitrogens with zero attached hydrogens (tertiary/aromatic N) is 2. The zero-order chi connectivity index (χ0) is 9.52. The van der Waals surface area contributed by atoms with Crippen LogP contribution in [0.5, 0.6) is 0 Å². The topological polar surface area (TPSA) is 25.8 Å². The molecule has 0 amide bonds. The summed E-state index contributed by atoms with van der Waals surface area (Å²) < 4.78 is 0. The Bertz CT molecular complexity index is 324. The molecule has 2 aromatic heterocycles. The Morgan fingerprint density at radius 2 is 1.87 bits per heavy atom. The number of aryl methyl sites for hydroxylation is 2. The molecule has 2 nitrogen and oxygen atoms in total. The van der Waals surface area contributed by atoms with Gasteiger partial charge in [0.1, 0.15) is 0 Å². The van der Waals surface area contributed by atoms with Gasteiger partial charge in [-0.15, -0.1) is 16.6 Å². The van der Waals surface area contributed by atoms with Crippen molar-refractivity contribution in [1.82, 2.24) is 9.97 Å². The molecule has 0 bridgehead atoms. The molecule has 0 aliphatic heterocycles. The average Bonchev–Trinajstić information content (AvgIpc) is 2.58.